The Hall–Kier alpha value is -0.120. The van der Waals surface area contributed by atoms with Crippen LogP contribution in [0.25, 0.3) is 0 Å². The predicted molar refractivity (Wildman–Crippen MR) is 82.6 cm³/mol. The van der Waals surface area contributed by atoms with Gasteiger partial charge in [-0.2, -0.15) is 0 Å². The monoisotopic (exact) mass is 267 g/mol. The molecule has 3 heteroatoms. The molecule has 2 unspecified atom stereocenters. The minimum atomic E-state index is 0.789. The van der Waals surface area contributed by atoms with E-state index >= 15 is 0 Å². The largest absolute Gasteiger partial charge is 0.314 e. The van der Waals surface area contributed by atoms with Crippen molar-refractivity contribution in [2.75, 3.05) is 32.7 Å². The van der Waals surface area contributed by atoms with Crippen molar-refractivity contribution in [1.82, 2.24) is 15.1 Å². The fraction of sp³-hybridized carbons (Fsp3) is 1.00. The molecule has 2 rings (SSSR count). The third-order valence-corrected chi connectivity index (χ3v) is 5.04. The fourth-order valence-electron chi connectivity index (χ4n) is 4.10. The highest BCUT2D eigenvalue weighted by Crippen LogP contribution is 2.35. The molecule has 2 fully saturated rings. The van der Waals surface area contributed by atoms with Gasteiger partial charge in [0.05, 0.1) is 0 Å². The van der Waals surface area contributed by atoms with E-state index in [4.69, 9.17) is 0 Å². The van der Waals surface area contributed by atoms with Crippen molar-refractivity contribution < 1.29 is 0 Å². The lowest BCUT2D eigenvalue weighted by molar-refractivity contribution is 0.102. The van der Waals surface area contributed by atoms with Crippen LogP contribution >= 0.6 is 0 Å². The molecular weight excluding hydrogens is 234 g/mol. The number of hydrogen-bond acceptors (Lipinski definition) is 3. The summed E-state index contributed by atoms with van der Waals surface area (Å²) in [7, 11) is 0. The summed E-state index contributed by atoms with van der Waals surface area (Å²) < 4.78 is 0. The van der Waals surface area contributed by atoms with Crippen molar-refractivity contribution >= 4 is 0 Å². The lowest BCUT2D eigenvalue weighted by Crippen LogP contribution is -2.51. The van der Waals surface area contributed by atoms with Crippen LogP contribution < -0.4 is 5.32 Å². The Morgan fingerprint density at radius 2 is 1.74 bits per heavy atom. The van der Waals surface area contributed by atoms with Crippen LogP contribution in [0.5, 0.6) is 0 Å². The Balaban J connectivity index is 1.79. The van der Waals surface area contributed by atoms with Crippen molar-refractivity contribution in [3.8, 4) is 0 Å². The molecule has 0 aromatic carbocycles. The molecule has 0 aromatic rings. The van der Waals surface area contributed by atoms with Crippen LogP contribution in [0.3, 0.4) is 0 Å². The van der Waals surface area contributed by atoms with E-state index in [-0.39, 0.29) is 0 Å². The lowest BCUT2D eigenvalue weighted by atomic mass is 9.97. The summed E-state index contributed by atoms with van der Waals surface area (Å²) in [4.78, 5) is 5.43. The molecule has 2 bridgehead atoms. The second-order valence-electron chi connectivity index (χ2n) is 6.28. The maximum Gasteiger partial charge on any atom is 0.0115 e. The van der Waals surface area contributed by atoms with Gasteiger partial charge >= 0.3 is 0 Å². The molecule has 3 nitrogen and oxygen atoms in total. The number of likely N-dealkylation sites (N-methyl/N-ethyl adjacent to an activating group) is 1. The molecule has 0 spiro atoms. The van der Waals surface area contributed by atoms with Gasteiger partial charge in [-0.1, -0.05) is 20.8 Å². The zero-order valence-corrected chi connectivity index (χ0v) is 13.2. The molecule has 2 atom stereocenters. The summed E-state index contributed by atoms with van der Waals surface area (Å²) >= 11 is 0. The third-order valence-electron chi connectivity index (χ3n) is 5.04. The topological polar surface area (TPSA) is 18.5 Å². The molecular formula is C16H33N3. The van der Waals surface area contributed by atoms with E-state index in [1.165, 1.54) is 58.3 Å². The molecule has 2 saturated heterocycles. The SMILES string of the molecule is CCCN(CC)CCN1C2CCC1CC(NCC)C2. The highest BCUT2D eigenvalue weighted by atomic mass is 15.3. The molecule has 2 heterocycles. The summed E-state index contributed by atoms with van der Waals surface area (Å²) in [5.41, 5.74) is 0. The maximum atomic E-state index is 3.67. The van der Waals surface area contributed by atoms with E-state index in [1.807, 2.05) is 0 Å². The molecule has 0 amide bonds. The zero-order valence-electron chi connectivity index (χ0n) is 13.2. The van der Waals surface area contributed by atoms with Gasteiger partial charge in [0.25, 0.3) is 0 Å². The number of piperidine rings is 1. The van der Waals surface area contributed by atoms with Crippen molar-refractivity contribution in [2.45, 2.75) is 71.0 Å². The Bertz CT molecular complexity index is 242. The zero-order chi connectivity index (χ0) is 13.7. The third kappa shape index (κ3) is 3.93. The minimum absolute atomic E-state index is 0.789. The Morgan fingerprint density at radius 1 is 1.05 bits per heavy atom. The van der Waals surface area contributed by atoms with E-state index in [0.717, 1.165) is 24.7 Å². The molecule has 2 aliphatic rings. The van der Waals surface area contributed by atoms with Crippen LogP contribution in [0, 0.1) is 0 Å². The minimum Gasteiger partial charge on any atom is -0.314 e. The number of fused-ring (bicyclic) bond motifs is 2. The van der Waals surface area contributed by atoms with Gasteiger partial charge in [0, 0.05) is 31.2 Å². The Kier molecular flexibility index (Phi) is 6.11. The number of nitrogens with one attached hydrogen (secondary N) is 1. The molecule has 0 saturated carbocycles. The van der Waals surface area contributed by atoms with Crippen LogP contribution in [0.4, 0.5) is 0 Å². The normalized spacial score (nSPS) is 31.3. The number of hydrogen-bond donors (Lipinski definition) is 1. The summed E-state index contributed by atoms with van der Waals surface area (Å²) in [6.07, 6.45) is 6.91. The molecule has 0 aliphatic carbocycles. The van der Waals surface area contributed by atoms with Crippen LogP contribution in [0.2, 0.25) is 0 Å². The van der Waals surface area contributed by atoms with E-state index in [9.17, 15) is 0 Å². The first-order valence-corrected chi connectivity index (χ1v) is 8.49. The second-order valence-corrected chi connectivity index (χ2v) is 6.28. The summed E-state index contributed by atoms with van der Waals surface area (Å²) in [6, 6.07) is 2.52. The van der Waals surface area contributed by atoms with Crippen LogP contribution in [-0.2, 0) is 0 Å². The molecule has 2 aliphatic heterocycles. The standard InChI is InChI=1S/C16H33N3/c1-4-9-18(6-3)10-11-19-15-7-8-16(19)13-14(12-15)17-5-2/h14-17H,4-13H2,1-3H3. The predicted octanol–water partition coefficient (Wildman–Crippen LogP) is 2.32. The first-order valence-electron chi connectivity index (χ1n) is 8.49. The van der Waals surface area contributed by atoms with Gasteiger partial charge in [0.1, 0.15) is 0 Å². The molecule has 112 valence electrons. The average Bonchev–Trinajstić information content (AvgIpc) is 2.65. The fourth-order valence-corrected chi connectivity index (χ4v) is 4.10. The smallest absolute Gasteiger partial charge is 0.0115 e. The Morgan fingerprint density at radius 3 is 2.26 bits per heavy atom. The van der Waals surface area contributed by atoms with Crippen molar-refractivity contribution in [1.29, 1.82) is 0 Å². The number of rotatable bonds is 8. The second kappa shape index (κ2) is 7.61. The van der Waals surface area contributed by atoms with Crippen LogP contribution in [0.1, 0.15) is 52.9 Å². The van der Waals surface area contributed by atoms with Crippen LogP contribution in [-0.4, -0.2) is 60.6 Å². The summed E-state index contributed by atoms with van der Waals surface area (Å²) in [6.45, 7) is 13.0. The van der Waals surface area contributed by atoms with Gasteiger partial charge in [0.2, 0.25) is 0 Å². The van der Waals surface area contributed by atoms with Crippen molar-refractivity contribution in [2.24, 2.45) is 0 Å². The molecule has 0 aromatic heterocycles. The number of nitrogens with zero attached hydrogens (tertiary/aromatic N) is 2. The van der Waals surface area contributed by atoms with E-state index < -0.39 is 0 Å². The molecule has 1 N–H and O–H groups in total. The highest BCUT2D eigenvalue weighted by molar-refractivity contribution is 4.97. The van der Waals surface area contributed by atoms with Gasteiger partial charge < -0.3 is 10.2 Å². The molecule has 19 heavy (non-hydrogen) atoms. The maximum absolute atomic E-state index is 3.67. The van der Waals surface area contributed by atoms with Gasteiger partial charge in [0.15, 0.2) is 0 Å². The first kappa shape index (κ1) is 15.3. The Labute approximate surface area is 119 Å². The van der Waals surface area contributed by atoms with E-state index in [2.05, 4.69) is 35.9 Å². The molecule has 0 radical (unpaired) electrons. The van der Waals surface area contributed by atoms with Gasteiger partial charge in [-0.25, -0.2) is 0 Å². The quantitative estimate of drug-likeness (QED) is 0.728. The van der Waals surface area contributed by atoms with Gasteiger partial charge in [-0.3, -0.25) is 4.90 Å². The van der Waals surface area contributed by atoms with Crippen molar-refractivity contribution in [3.63, 3.8) is 0 Å². The van der Waals surface area contributed by atoms with Crippen LogP contribution in [0.15, 0.2) is 0 Å². The average molecular weight is 267 g/mol. The van der Waals surface area contributed by atoms with Gasteiger partial charge in [-0.05, 0) is 51.7 Å². The van der Waals surface area contributed by atoms with Crippen molar-refractivity contribution in [3.05, 3.63) is 0 Å². The summed E-state index contributed by atoms with van der Waals surface area (Å²) in [5.74, 6) is 0. The first-order chi connectivity index (χ1) is 9.28. The lowest BCUT2D eigenvalue weighted by Gasteiger charge is -2.40. The highest BCUT2D eigenvalue weighted by Gasteiger charge is 2.39. The van der Waals surface area contributed by atoms with E-state index in [1.54, 1.807) is 0 Å². The van der Waals surface area contributed by atoms with Gasteiger partial charge in [-0.15, -0.1) is 0 Å². The summed E-state index contributed by atoms with van der Waals surface area (Å²) in [5, 5.41) is 3.67. The van der Waals surface area contributed by atoms with E-state index in [0.29, 0.717) is 0 Å².